The van der Waals surface area contributed by atoms with Crippen LogP contribution in [0, 0.1) is 26.7 Å². The number of carbonyl (C=O) groups excluding carboxylic acids is 2. The summed E-state index contributed by atoms with van der Waals surface area (Å²) >= 11 is 7.51. The minimum Gasteiger partial charge on any atom is -0.342 e. The zero-order valence-corrected chi connectivity index (χ0v) is 22.8. The Bertz CT molecular complexity index is 1250. The molecular formula is C27H32ClN5O2S. The summed E-state index contributed by atoms with van der Waals surface area (Å²) in [6, 6.07) is 10.6. The molecule has 0 aliphatic heterocycles. The van der Waals surface area contributed by atoms with Crippen molar-refractivity contribution >= 4 is 40.9 Å². The molecule has 1 unspecified atom stereocenters. The fourth-order valence-electron chi connectivity index (χ4n) is 4.01. The summed E-state index contributed by atoms with van der Waals surface area (Å²) in [6.45, 7) is 14.3. The highest BCUT2D eigenvalue weighted by Crippen LogP contribution is 2.27. The Kier molecular flexibility index (Phi) is 9.34. The second-order valence-electron chi connectivity index (χ2n) is 9.03. The van der Waals surface area contributed by atoms with Crippen LogP contribution in [0.3, 0.4) is 0 Å². The first-order chi connectivity index (χ1) is 17.1. The standard InChI is InChI=1S/C27H32ClN5O2S/c1-7-12-33-25(23(16(2)3)30-26(35)20-10-8-9-11-21(20)28)31-32-27(33)36-15-22(34)29-24-18(5)13-17(4)14-19(24)6/h7-11,13-14,16,23H,1,12,15H2,2-6H3,(H,29,34)(H,30,35). The number of aryl methyl sites for hydroxylation is 3. The highest BCUT2D eigenvalue weighted by Gasteiger charge is 2.27. The number of allylic oxidation sites excluding steroid dienone is 1. The molecule has 0 spiro atoms. The number of hydrogen-bond acceptors (Lipinski definition) is 5. The van der Waals surface area contributed by atoms with Crippen molar-refractivity contribution in [3.8, 4) is 0 Å². The van der Waals surface area contributed by atoms with Gasteiger partial charge in [0.2, 0.25) is 5.91 Å². The number of halogens is 1. The van der Waals surface area contributed by atoms with E-state index in [0.29, 0.717) is 28.1 Å². The maximum absolute atomic E-state index is 13.0. The van der Waals surface area contributed by atoms with Gasteiger partial charge in [-0.15, -0.1) is 16.8 Å². The molecule has 3 aromatic rings. The molecule has 9 heteroatoms. The Morgan fingerprint density at radius 2 is 1.81 bits per heavy atom. The Labute approximate surface area is 221 Å². The predicted octanol–water partition coefficient (Wildman–Crippen LogP) is 5.90. The topological polar surface area (TPSA) is 88.9 Å². The number of nitrogens with zero attached hydrogens (tertiary/aromatic N) is 3. The van der Waals surface area contributed by atoms with E-state index in [9.17, 15) is 9.59 Å². The van der Waals surface area contributed by atoms with Crippen molar-refractivity contribution in [3.05, 3.63) is 82.2 Å². The third-order valence-corrected chi connectivity index (χ3v) is 6.98. The number of benzene rings is 2. The number of amides is 2. The summed E-state index contributed by atoms with van der Waals surface area (Å²) in [7, 11) is 0. The first-order valence-corrected chi connectivity index (χ1v) is 13.1. The number of hydrogen-bond donors (Lipinski definition) is 2. The van der Waals surface area contributed by atoms with Gasteiger partial charge >= 0.3 is 0 Å². The van der Waals surface area contributed by atoms with Gasteiger partial charge in [0.1, 0.15) is 0 Å². The van der Waals surface area contributed by atoms with Crippen LogP contribution in [0.1, 0.15) is 52.8 Å². The zero-order chi connectivity index (χ0) is 26.4. The summed E-state index contributed by atoms with van der Waals surface area (Å²) in [5, 5.41) is 15.7. The fourth-order valence-corrected chi connectivity index (χ4v) is 4.99. The molecule has 0 aliphatic rings. The molecule has 0 saturated heterocycles. The van der Waals surface area contributed by atoms with Crippen LogP contribution in [0.2, 0.25) is 5.02 Å². The highest BCUT2D eigenvalue weighted by molar-refractivity contribution is 7.99. The molecule has 1 heterocycles. The first-order valence-electron chi connectivity index (χ1n) is 11.7. The molecule has 0 saturated carbocycles. The van der Waals surface area contributed by atoms with Crippen LogP contribution >= 0.6 is 23.4 Å². The van der Waals surface area contributed by atoms with Crippen LogP contribution < -0.4 is 10.6 Å². The minimum absolute atomic E-state index is 0.0258. The monoisotopic (exact) mass is 525 g/mol. The average molecular weight is 526 g/mol. The van der Waals surface area contributed by atoms with E-state index < -0.39 is 6.04 Å². The second kappa shape index (κ2) is 12.2. The van der Waals surface area contributed by atoms with Gasteiger partial charge in [0, 0.05) is 12.2 Å². The fraction of sp³-hybridized carbons (Fsp3) is 0.333. The molecule has 2 N–H and O–H groups in total. The highest BCUT2D eigenvalue weighted by atomic mass is 35.5. The van der Waals surface area contributed by atoms with Crippen molar-refractivity contribution in [2.75, 3.05) is 11.1 Å². The Balaban J connectivity index is 1.78. The van der Waals surface area contributed by atoms with Crippen molar-refractivity contribution in [1.29, 1.82) is 0 Å². The first kappa shape index (κ1) is 27.5. The van der Waals surface area contributed by atoms with E-state index in [-0.39, 0.29) is 23.5 Å². The van der Waals surface area contributed by atoms with E-state index in [1.54, 1.807) is 30.3 Å². The lowest BCUT2D eigenvalue weighted by molar-refractivity contribution is -0.113. The molecule has 0 aliphatic carbocycles. The number of rotatable bonds is 10. The normalized spacial score (nSPS) is 11.9. The van der Waals surface area contributed by atoms with Crippen LogP contribution in [0.4, 0.5) is 5.69 Å². The number of thioether (sulfide) groups is 1. The van der Waals surface area contributed by atoms with Gasteiger partial charge in [-0.1, -0.05) is 73.1 Å². The van der Waals surface area contributed by atoms with Crippen LogP contribution in [-0.4, -0.2) is 32.3 Å². The average Bonchev–Trinajstić information content (AvgIpc) is 3.20. The summed E-state index contributed by atoms with van der Waals surface area (Å²) < 4.78 is 1.88. The molecule has 2 amide bonds. The molecule has 1 atom stereocenters. The molecule has 36 heavy (non-hydrogen) atoms. The summed E-state index contributed by atoms with van der Waals surface area (Å²) in [4.78, 5) is 25.7. The second-order valence-corrected chi connectivity index (χ2v) is 10.4. The Morgan fingerprint density at radius 1 is 1.14 bits per heavy atom. The van der Waals surface area contributed by atoms with Crippen molar-refractivity contribution in [2.24, 2.45) is 5.92 Å². The van der Waals surface area contributed by atoms with Gasteiger partial charge in [-0.2, -0.15) is 0 Å². The van der Waals surface area contributed by atoms with Gasteiger partial charge in [-0.05, 0) is 49.9 Å². The van der Waals surface area contributed by atoms with Gasteiger partial charge in [0.05, 0.1) is 22.4 Å². The maximum Gasteiger partial charge on any atom is 0.253 e. The van der Waals surface area contributed by atoms with Crippen LogP contribution in [0.15, 0.2) is 54.2 Å². The van der Waals surface area contributed by atoms with Gasteiger partial charge in [-0.25, -0.2) is 0 Å². The van der Waals surface area contributed by atoms with E-state index in [0.717, 1.165) is 22.4 Å². The van der Waals surface area contributed by atoms with Crippen LogP contribution in [-0.2, 0) is 11.3 Å². The van der Waals surface area contributed by atoms with Crippen LogP contribution in [0.25, 0.3) is 0 Å². The van der Waals surface area contributed by atoms with E-state index in [1.165, 1.54) is 11.8 Å². The van der Waals surface area contributed by atoms with Crippen molar-refractivity contribution in [1.82, 2.24) is 20.1 Å². The predicted molar refractivity (Wildman–Crippen MR) is 147 cm³/mol. The van der Waals surface area contributed by atoms with Gasteiger partial charge < -0.3 is 15.2 Å². The third-order valence-electron chi connectivity index (χ3n) is 5.68. The maximum atomic E-state index is 13.0. The smallest absolute Gasteiger partial charge is 0.253 e. The van der Waals surface area contributed by atoms with Crippen molar-refractivity contribution in [3.63, 3.8) is 0 Å². The number of anilines is 1. The minimum atomic E-state index is -0.415. The zero-order valence-electron chi connectivity index (χ0n) is 21.3. The molecule has 0 bridgehead atoms. The number of aromatic nitrogens is 3. The van der Waals surface area contributed by atoms with Crippen molar-refractivity contribution in [2.45, 2.75) is 52.4 Å². The number of nitrogens with one attached hydrogen (secondary N) is 2. The van der Waals surface area contributed by atoms with E-state index >= 15 is 0 Å². The molecule has 190 valence electrons. The number of carbonyl (C=O) groups is 2. The summed E-state index contributed by atoms with van der Waals surface area (Å²) in [5.41, 5.74) is 4.44. The molecule has 0 radical (unpaired) electrons. The summed E-state index contributed by atoms with van der Waals surface area (Å²) in [6.07, 6.45) is 1.74. The largest absolute Gasteiger partial charge is 0.342 e. The lowest BCUT2D eigenvalue weighted by Crippen LogP contribution is -2.34. The molecular weight excluding hydrogens is 494 g/mol. The summed E-state index contributed by atoms with van der Waals surface area (Å²) in [5.74, 6) is 0.374. The van der Waals surface area contributed by atoms with Gasteiger partial charge in [0.25, 0.3) is 5.91 Å². The third kappa shape index (κ3) is 6.56. The van der Waals surface area contributed by atoms with Gasteiger partial charge in [-0.3, -0.25) is 9.59 Å². The van der Waals surface area contributed by atoms with Crippen molar-refractivity contribution < 1.29 is 9.59 Å². The molecule has 1 aromatic heterocycles. The quantitative estimate of drug-likeness (QED) is 0.254. The lowest BCUT2D eigenvalue weighted by Gasteiger charge is -2.23. The van der Waals surface area contributed by atoms with E-state index in [2.05, 4.69) is 27.4 Å². The SMILES string of the molecule is C=CCn1c(SCC(=O)Nc2c(C)cc(C)cc2C)nnc1C(NC(=O)c1ccccc1Cl)C(C)C. The molecule has 3 rings (SSSR count). The molecule has 2 aromatic carbocycles. The van der Waals surface area contributed by atoms with Crippen LogP contribution in [0.5, 0.6) is 0 Å². The Hall–Kier alpha value is -3.10. The molecule has 7 nitrogen and oxygen atoms in total. The Morgan fingerprint density at radius 3 is 2.42 bits per heavy atom. The molecule has 0 fully saturated rings. The van der Waals surface area contributed by atoms with E-state index in [1.807, 2.05) is 51.3 Å². The lowest BCUT2D eigenvalue weighted by atomic mass is 10.0. The van der Waals surface area contributed by atoms with Gasteiger partial charge in [0.15, 0.2) is 11.0 Å². The van der Waals surface area contributed by atoms with E-state index in [4.69, 9.17) is 11.6 Å².